The zero-order chi connectivity index (χ0) is 13.8. The summed E-state index contributed by atoms with van der Waals surface area (Å²) in [6.45, 7) is 0.860. The molecule has 20 heavy (non-hydrogen) atoms. The molecule has 0 radical (unpaired) electrons. The van der Waals surface area contributed by atoms with E-state index in [1.165, 1.54) is 18.4 Å². The van der Waals surface area contributed by atoms with Gasteiger partial charge in [-0.2, -0.15) is 0 Å². The Morgan fingerprint density at radius 2 is 2.15 bits per heavy atom. The number of nitrogens with zero attached hydrogens (tertiary/aromatic N) is 1. The van der Waals surface area contributed by atoms with E-state index < -0.39 is 0 Å². The Kier molecular flexibility index (Phi) is 4.45. The van der Waals surface area contributed by atoms with E-state index in [1.807, 2.05) is 6.07 Å². The zero-order valence-corrected chi connectivity index (χ0v) is 12.5. The van der Waals surface area contributed by atoms with Gasteiger partial charge in [0.05, 0.1) is 11.8 Å². The molecule has 4 heteroatoms. The van der Waals surface area contributed by atoms with Crippen molar-refractivity contribution in [2.45, 2.75) is 38.0 Å². The van der Waals surface area contributed by atoms with Crippen molar-refractivity contribution in [1.29, 1.82) is 0 Å². The molecule has 1 aromatic heterocycles. The smallest absolute Gasteiger partial charge is 0.107 e. The molecule has 1 heterocycles. The van der Waals surface area contributed by atoms with E-state index in [1.54, 1.807) is 18.4 Å². The maximum Gasteiger partial charge on any atom is 0.107 e. The molecule has 0 saturated heterocycles. The van der Waals surface area contributed by atoms with Crippen LogP contribution in [0.4, 0.5) is 0 Å². The molecule has 0 aliphatic heterocycles. The highest BCUT2D eigenvalue weighted by Crippen LogP contribution is 2.24. The summed E-state index contributed by atoms with van der Waals surface area (Å²) >= 11 is 1.73. The topological polar surface area (TPSA) is 34.1 Å². The van der Waals surface area contributed by atoms with Crippen LogP contribution in [0.5, 0.6) is 0 Å². The molecule has 3 rings (SSSR count). The summed E-state index contributed by atoms with van der Waals surface area (Å²) in [7, 11) is 1.81. The standard InChI is InChI=1S/C16H20N2OS/c1-19-14-8-7-13(9-14)17-10-16-18-15(11-20-16)12-5-3-2-4-6-12/h2-6,11,13-14,17H,7-10H2,1H3. The van der Waals surface area contributed by atoms with E-state index >= 15 is 0 Å². The Morgan fingerprint density at radius 1 is 1.30 bits per heavy atom. The minimum atomic E-state index is 0.434. The first-order valence-corrected chi connectivity index (χ1v) is 7.99. The number of rotatable bonds is 5. The van der Waals surface area contributed by atoms with Crippen LogP contribution in [0.15, 0.2) is 35.7 Å². The van der Waals surface area contributed by atoms with E-state index in [-0.39, 0.29) is 0 Å². The van der Waals surface area contributed by atoms with Crippen molar-refractivity contribution in [3.63, 3.8) is 0 Å². The van der Waals surface area contributed by atoms with Gasteiger partial charge in [-0.25, -0.2) is 4.98 Å². The van der Waals surface area contributed by atoms with Crippen molar-refractivity contribution >= 4 is 11.3 Å². The zero-order valence-electron chi connectivity index (χ0n) is 11.7. The summed E-state index contributed by atoms with van der Waals surface area (Å²) in [4.78, 5) is 4.71. The van der Waals surface area contributed by atoms with E-state index in [0.717, 1.165) is 23.7 Å². The van der Waals surface area contributed by atoms with E-state index in [2.05, 4.69) is 35.0 Å². The fraction of sp³-hybridized carbons (Fsp3) is 0.438. The minimum Gasteiger partial charge on any atom is -0.381 e. The van der Waals surface area contributed by atoms with Crippen LogP contribution >= 0.6 is 11.3 Å². The lowest BCUT2D eigenvalue weighted by Crippen LogP contribution is -2.26. The first-order chi connectivity index (χ1) is 9.85. The molecular weight excluding hydrogens is 268 g/mol. The van der Waals surface area contributed by atoms with E-state index in [4.69, 9.17) is 9.72 Å². The van der Waals surface area contributed by atoms with Crippen LogP contribution in [0.1, 0.15) is 24.3 Å². The number of thiazole rings is 1. The van der Waals surface area contributed by atoms with Crippen molar-refractivity contribution in [3.05, 3.63) is 40.7 Å². The molecule has 2 unspecified atom stereocenters. The van der Waals surface area contributed by atoms with Gasteiger partial charge in [0.15, 0.2) is 0 Å². The van der Waals surface area contributed by atoms with Crippen molar-refractivity contribution in [2.24, 2.45) is 0 Å². The highest BCUT2D eigenvalue weighted by atomic mass is 32.1. The number of nitrogens with one attached hydrogen (secondary N) is 1. The molecule has 106 valence electrons. The Labute approximate surface area is 124 Å². The van der Waals surface area contributed by atoms with Gasteiger partial charge in [0.1, 0.15) is 5.01 Å². The second-order valence-electron chi connectivity index (χ2n) is 5.24. The van der Waals surface area contributed by atoms with Crippen LogP contribution in [0.25, 0.3) is 11.3 Å². The monoisotopic (exact) mass is 288 g/mol. The predicted octanol–water partition coefficient (Wildman–Crippen LogP) is 3.47. The average molecular weight is 288 g/mol. The van der Waals surface area contributed by atoms with Crippen LogP contribution in [0.3, 0.4) is 0 Å². The molecule has 0 bridgehead atoms. The SMILES string of the molecule is COC1CCC(NCc2nc(-c3ccccc3)cs2)C1. The summed E-state index contributed by atoms with van der Waals surface area (Å²) in [5.74, 6) is 0. The van der Waals surface area contributed by atoms with Gasteiger partial charge in [0, 0.05) is 30.6 Å². The van der Waals surface area contributed by atoms with Crippen LogP contribution < -0.4 is 5.32 Å². The third-order valence-corrected chi connectivity index (χ3v) is 4.73. The molecule has 3 nitrogen and oxygen atoms in total. The van der Waals surface area contributed by atoms with Gasteiger partial charge in [-0.05, 0) is 19.3 Å². The largest absolute Gasteiger partial charge is 0.381 e. The van der Waals surface area contributed by atoms with Crippen molar-refractivity contribution in [3.8, 4) is 11.3 Å². The summed E-state index contributed by atoms with van der Waals surface area (Å²) in [6.07, 6.45) is 3.92. The van der Waals surface area contributed by atoms with Gasteiger partial charge < -0.3 is 10.1 Å². The minimum absolute atomic E-state index is 0.434. The third kappa shape index (κ3) is 3.26. The quantitative estimate of drug-likeness (QED) is 0.915. The Balaban J connectivity index is 1.56. The third-order valence-electron chi connectivity index (χ3n) is 3.88. The number of benzene rings is 1. The number of hydrogen-bond donors (Lipinski definition) is 1. The van der Waals surface area contributed by atoms with Gasteiger partial charge in [-0.15, -0.1) is 11.3 Å². The lowest BCUT2D eigenvalue weighted by Gasteiger charge is -2.11. The van der Waals surface area contributed by atoms with Crippen LogP contribution in [0.2, 0.25) is 0 Å². The molecule has 1 N–H and O–H groups in total. The lowest BCUT2D eigenvalue weighted by atomic mass is 10.2. The normalized spacial score (nSPS) is 22.2. The number of methoxy groups -OCH3 is 1. The van der Waals surface area contributed by atoms with Crippen molar-refractivity contribution < 1.29 is 4.74 Å². The van der Waals surface area contributed by atoms with Gasteiger partial charge in [-0.3, -0.25) is 0 Å². The molecule has 1 aromatic carbocycles. The Bertz CT molecular complexity index is 540. The Hall–Kier alpha value is -1.23. The lowest BCUT2D eigenvalue weighted by molar-refractivity contribution is 0.107. The van der Waals surface area contributed by atoms with Crippen molar-refractivity contribution in [2.75, 3.05) is 7.11 Å². The number of aromatic nitrogens is 1. The predicted molar refractivity (Wildman–Crippen MR) is 82.8 cm³/mol. The maximum atomic E-state index is 5.40. The molecule has 1 aliphatic rings. The van der Waals surface area contributed by atoms with Crippen LogP contribution in [-0.4, -0.2) is 24.2 Å². The van der Waals surface area contributed by atoms with Crippen molar-refractivity contribution in [1.82, 2.24) is 10.3 Å². The summed E-state index contributed by atoms with van der Waals surface area (Å²) < 4.78 is 5.40. The first-order valence-electron chi connectivity index (χ1n) is 7.11. The second-order valence-corrected chi connectivity index (χ2v) is 6.18. The molecule has 0 spiro atoms. The summed E-state index contributed by atoms with van der Waals surface area (Å²) in [5.41, 5.74) is 2.27. The summed E-state index contributed by atoms with van der Waals surface area (Å²) in [6, 6.07) is 10.9. The summed E-state index contributed by atoms with van der Waals surface area (Å²) in [5, 5.41) is 6.89. The number of ether oxygens (including phenoxy) is 1. The molecule has 2 atom stereocenters. The highest BCUT2D eigenvalue weighted by Gasteiger charge is 2.23. The van der Waals surface area contributed by atoms with E-state index in [9.17, 15) is 0 Å². The molecule has 0 amide bonds. The fourth-order valence-corrected chi connectivity index (χ4v) is 3.46. The average Bonchev–Trinajstić information content (AvgIpc) is 3.15. The maximum absolute atomic E-state index is 5.40. The first kappa shape index (κ1) is 13.7. The van der Waals surface area contributed by atoms with Crippen LogP contribution in [0, 0.1) is 0 Å². The second kappa shape index (κ2) is 6.48. The molecule has 1 fully saturated rings. The van der Waals surface area contributed by atoms with Gasteiger partial charge in [0.25, 0.3) is 0 Å². The Morgan fingerprint density at radius 3 is 2.90 bits per heavy atom. The van der Waals surface area contributed by atoms with Gasteiger partial charge in [0.2, 0.25) is 0 Å². The van der Waals surface area contributed by atoms with Gasteiger partial charge >= 0.3 is 0 Å². The van der Waals surface area contributed by atoms with Crippen LogP contribution in [-0.2, 0) is 11.3 Å². The number of hydrogen-bond acceptors (Lipinski definition) is 4. The molecule has 1 saturated carbocycles. The molecule has 1 aliphatic carbocycles. The molecule has 2 aromatic rings. The van der Waals surface area contributed by atoms with E-state index in [0.29, 0.717) is 12.1 Å². The fourth-order valence-electron chi connectivity index (χ4n) is 2.70. The van der Waals surface area contributed by atoms with Gasteiger partial charge in [-0.1, -0.05) is 30.3 Å². The molecular formula is C16H20N2OS. The highest BCUT2D eigenvalue weighted by molar-refractivity contribution is 7.09.